The molecule has 1 amide bonds. The van der Waals surface area contributed by atoms with Crippen LogP contribution in [0.4, 0.5) is 5.82 Å². The lowest BCUT2D eigenvalue weighted by molar-refractivity contribution is -0.116. The number of carbonyl (C=O) groups excluding carboxylic acids is 1. The fourth-order valence-electron chi connectivity index (χ4n) is 3.25. The molecule has 1 aliphatic rings. The highest BCUT2D eigenvalue weighted by atomic mass is 16.5. The van der Waals surface area contributed by atoms with Crippen molar-refractivity contribution >= 4 is 11.7 Å². The molecule has 6 nitrogen and oxygen atoms in total. The van der Waals surface area contributed by atoms with Crippen LogP contribution >= 0.6 is 0 Å². The molecule has 1 aromatic heterocycles. The zero-order valence-electron chi connectivity index (χ0n) is 14.2. The van der Waals surface area contributed by atoms with Gasteiger partial charge >= 0.3 is 0 Å². The van der Waals surface area contributed by atoms with E-state index >= 15 is 0 Å². The molecule has 2 aromatic carbocycles. The summed E-state index contributed by atoms with van der Waals surface area (Å²) in [5.74, 6) is 0.898. The van der Waals surface area contributed by atoms with Gasteiger partial charge in [0, 0.05) is 17.9 Å². The molecule has 0 radical (unpaired) electrons. The van der Waals surface area contributed by atoms with E-state index in [0.29, 0.717) is 23.0 Å². The van der Waals surface area contributed by atoms with Crippen molar-refractivity contribution in [3.63, 3.8) is 0 Å². The number of amides is 1. The number of aromatic nitrogens is 2. The zero-order valence-corrected chi connectivity index (χ0v) is 14.2. The van der Waals surface area contributed by atoms with Crippen molar-refractivity contribution < 1.29 is 9.53 Å². The Balaban J connectivity index is 1.85. The molecule has 2 heterocycles. The molecule has 1 atom stereocenters. The largest absolute Gasteiger partial charge is 0.497 e. The normalized spacial score (nSPS) is 15.9. The Labute approximate surface area is 149 Å². The van der Waals surface area contributed by atoms with Crippen LogP contribution in [-0.2, 0) is 4.79 Å². The highest BCUT2D eigenvalue weighted by molar-refractivity contribution is 5.94. The average molecular weight is 347 g/mol. The summed E-state index contributed by atoms with van der Waals surface area (Å²) in [6.07, 6.45) is 0.190. The van der Waals surface area contributed by atoms with Crippen LogP contribution < -0.4 is 15.6 Å². The number of methoxy groups -OCH3 is 1. The summed E-state index contributed by atoms with van der Waals surface area (Å²) in [4.78, 5) is 32.4. The zero-order chi connectivity index (χ0) is 18.1. The van der Waals surface area contributed by atoms with Gasteiger partial charge in [-0.15, -0.1) is 0 Å². The van der Waals surface area contributed by atoms with Gasteiger partial charge in [0.05, 0.1) is 12.7 Å². The lowest BCUT2D eigenvalue weighted by Gasteiger charge is -2.24. The fraction of sp³-hybridized carbons (Fsp3) is 0.150. The Morgan fingerprint density at radius 1 is 1.08 bits per heavy atom. The first-order chi connectivity index (χ1) is 12.7. The van der Waals surface area contributed by atoms with Crippen LogP contribution in [0.2, 0.25) is 0 Å². The Morgan fingerprint density at radius 2 is 1.88 bits per heavy atom. The lowest BCUT2D eigenvalue weighted by Crippen LogP contribution is -2.31. The summed E-state index contributed by atoms with van der Waals surface area (Å²) < 4.78 is 5.27. The van der Waals surface area contributed by atoms with Crippen LogP contribution in [0.5, 0.6) is 5.75 Å². The number of ether oxygens (including phenoxy) is 1. The second-order valence-corrected chi connectivity index (χ2v) is 6.12. The van der Waals surface area contributed by atoms with Crippen molar-refractivity contribution in [2.45, 2.75) is 12.3 Å². The summed E-state index contributed by atoms with van der Waals surface area (Å²) in [6, 6.07) is 16.7. The van der Waals surface area contributed by atoms with Crippen LogP contribution in [0.1, 0.15) is 23.5 Å². The molecule has 6 heteroatoms. The van der Waals surface area contributed by atoms with E-state index in [2.05, 4.69) is 15.3 Å². The topological polar surface area (TPSA) is 84.1 Å². The summed E-state index contributed by atoms with van der Waals surface area (Å²) in [5.41, 5.74) is 1.85. The van der Waals surface area contributed by atoms with E-state index in [4.69, 9.17) is 4.74 Å². The second kappa shape index (κ2) is 6.48. The molecule has 130 valence electrons. The number of nitrogens with one attached hydrogen (secondary N) is 2. The van der Waals surface area contributed by atoms with E-state index in [-0.39, 0.29) is 23.8 Å². The van der Waals surface area contributed by atoms with Gasteiger partial charge in [0.15, 0.2) is 0 Å². The SMILES string of the molecule is COc1cccc([C@@H]2CC(=O)Nc3nc(-c4ccccc4)[nH]c(=O)c32)c1. The molecule has 0 bridgehead atoms. The van der Waals surface area contributed by atoms with E-state index in [1.165, 1.54) is 0 Å². The molecule has 1 aliphatic heterocycles. The molecule has 4 rings (SSSR count). The van der Waals surface area contributed by atoms with Crippen LogP contribution in [0.3, 0.4) is 0 Å². The number of fused-ring (bicyclic) bond motifs is 1. The number of hydrogen-bond donors (Lipinski definition) is 2. The third-order valence-electron chi connectivity index (χ3n) is 4.49. The Kier molecular flexibility index (Phi) is 4.01. The number of benzene rings is 2. The average Bonchev–Trinajstić information content (AvgIpc) is 2.67. The van der Waals surface area contributed by atoms with Gasteiger partial charge < -0.3 is 15.0 Å². The Hall–Kier alpha value is -3.41. The minimum absolute atomic E-state index is 0.164. The third kappa shape index (κ3) is 2.86. The molecule has 2 N–H and O–H groups in total. The molecule has 0 unspecified atom stereocenters. The van der Waals surface area contributed by atoms with E-state index < -0.39 is 0 Å². The monoisotopic (exact) mass is 347 g/mol. The molecular formula is C20H17N3O3. The number of hydrogen-bond acceptors (Lipinski definition) is 4. The molecule has 0 saturated heterocycles. The van der Waals surface area contributed by atoms with Gasteiger partial charge in [0.2, 0.25) is 5.91 Å². The Morgan fingerprint density at radius 3 is 2.65 bits per heavy atom. The molecule has 0 fully saturated rings. The van der Waals surface area contributed by atoms with Crippen molar-refractivity contribution in [3.05, 3.63) is 76.1 Å². The highest BCUT2D eigenvalue weighted by Crippen LogP contribution is 2.35. The molecule has 0 aliphatic carbocycles. The predicted molar refractivity (Wildman–Crippen MR) is 98.4 cm³/mol. The first-order valence-corrected chi connectivity index (χ1v) is 8.29. The minimum Gasteiger partial charge on any atom is -0.497 e. The van der Waals surface area contributed by atoms with Crippen LogP contribution in [0.15, 0.2) is 59.4 Å². The number of rotatable bonds is 3. The lowest BCUT2D eigenvalue weighted by atomic mass is 9.86. The predicted octanol–water partition coefficient (Wildman–Crippen LogP) is 2.92. The molecule has 0 saturated carbocycles. The number of carbonyl (C=O) groups is 1. The van der Waals surface area contributed by atoms with Crippen molar-refractivity contribution in [2.24, 2.45) is 0 Å². The smallest absolute Gasteiger partial charge is 0.257 e. The third-order valence-corrected chi connectivity index (χ3v) is 4.49. The van der Waals surface area contributed by atoms with Crippen molar-refractivity contribution in [3.8, 4) is 17.1 Å². The highest BCUT2D eigenvalue weighted by Gasteiger charge is 2.31. The maximum Gasteiger partial charge on any atom is 0.257 e. The van der Waals surface area contributed by atoms with E-state index in [0.717, 1.165) is 11.1 Å². The summed E-state index contributed by atoms with van der Waals surface area (Å²) >= 11 is 0. The van der Waals surface area contributed by atoms with Gasteiger partial charge in [-0.2, -0.15) is 0 Å². The van der Waals surface area contributed by atoms with Gasteiger partial charge in [0.1, 0.15) is 17.4 Å². The van der Waals surface area contributed by atoms with Crippen LogP contribution in [-0.4, -0.2) is 23.0 Å². The van der Waals surface area contributed by atoms with Crippen molar-refractivity contribution in [1.82, 2.24) is 9.97 Å². The minimum atomic E-state index is -0.366. The van der Waals surface area contributed by atoms with Gasteiger partial charge in [-0.25, -0.2) is 4.98 Å². The Bertz CT molecular complexity index is 1030. The number of aromatic amines is 1. The maximum absolute atomic E-state index is 12.8. The summed E-state index contributed by atoms with van der Waals surface area (Å²) in [5, 5.41) is 2.74. The van der Waals surface area contributed by atoms with E-state index in [1.54, 1.807) is 7.11 Å². The second-order valence-electron chi connectivity index (χ2n) is 6.12. The standard InChI is InChI=1S/C20H17N3O3/c1-26-14-9-5-8-13(10-14)15-11-16(24)21-19-17(15)20(25)23-18(22-19)12-6-3-2-4-7-12/h2-10,15H,11H2,1H3,(H2,21,22,23,24,25)/t15-/m0/s1. The first-order valence-electron chi connectivity index (χ1n) is 8.29. The van der Waals surface area contributed by atoms with Crippen LogP contribution in [0, 0.1) is 0 Å². The summed E-state index contributed by atoms with van der Waals surface area (Å²) in [7, 11) is 1.58. The fourth-order valence-corrected chi connectivity index (χ4v) is 3.25. The number of nitrogens with zero attached hydrogens (tertiary/aromatic N) is 1. The number of H-pyrrole nitrogens is 1. The first kappa shape index (κ1) is 16.1. The summed E-state index contributed by atoms with van der Waals surface area (Å²) in [6.45, 7) is 0. The van der Waals surface area contributed by atoms with Gasteiger partial charge in [-0.1, -0.05) is 42.5 Å². The van der Waals surface area contributed by atoms with Crippen LogP contribution in [0.25, 0.3) is 11.4 Å². The molecular weight excluding hydrogens is 330 g/mol. The van der Waals surface area contributed by atoms with Gasteiger partial charge in [-0.3, -0.25) is 9.59 Å². The maximum atomic E-state index is 12.8. The quantitative estimate of drug-likeness (QED) is 0.763. The molecule has 0 spiro atoms. The van der Waals surface area contributed by atoms with E-state index in [1.807, 2.05) is 54.6 Å². The van der Waals surface area contributed by atoms with E-state index in [9.17, 15) is 9.59 Å². The van der Waals surface area contributed by atoms with Gasteiger partial charge in [-0.05, 0) is 17.7 Å². The van der Waals surface area contributed by atoms with Crippen molar-refractivity contribution in [2.75, 3.05) is 12.4 Å². The van der Waals surface area contributed by atoms with Crippen molar-refractivity contribution in [1.29, 1.82) is 0 Å². The molecule has 3 aromatic rings. The van der Waals surface area contributed by atoms with Gasteiger partial charge in [0.25, 0.3) is 5.56 Å². The molecule has 26 heavy (non-hydrogen) atoms. The number of anilines is 1.